The van der Waals surface area contributed by atoms with Crippen LogP contribution >= 0.6 is 11.6 Å². The van der Waals surface area contributed by atoms with Gasteiger partial charge in [-0.15, -0.1) is 0 Å². The first-order chi connectivity index (χ1) is 7.74. The van der Waals surface area contributed by atoms with E-state index in [9.17, 15) is 9.18 Å². The average molecular weight is 260 g/mol. The van der Waals surface area contributed by atoms with E-state index in [4.69, 9.17) is 22.4 Å². The van der Waals surface area contributed by atoms with Gasteiger partial charge in [-0.05, 0) is 38.0 Å². The molecule has 1 unspecified atom stereocenters. The number of halogens is 2. The fourth-order valence-electron chi connectivity index (χ4n) is 1.50. The Balaban J connectivity index is 2.87. The van der Waals surface area contributed by atoms with Crippen molar-refractivity contribution in [1.29, 1.82) is 0 Å². The van der Waals surface area contributed by atoms with E-state index in [-0.39, 0.29) is 11.4 Å². The molecular weight excluding hydrogens is 245 g/mol. The zero-order chi connectivity index (χ0) is 13.2. The second-order valence-corrected chi connectivity index (χ2v) is 5.08. The number of hydrogen-bond acceptors (Lipinski definition) is 2. The van der Waals surface area contributed by atoms with E-state index in [1.807, 2.05) is 0 Å². The fourth-order valence-corrected chi connectivity index (χ4v) is 1.69. The predicted octanol–water partition coefficient (Wildman–Crippen LogP) is 2.98. The second-order valence-electron chi connectivity index (χ2n) is 4.67. The van der Waals surface area contributed by atoms with Crippen molar-refractivity contribution in [3.63, 3.8) is 0 Å². The van der Waals surface area contributed by atoms with Crippen molar-refractivity contribution < 1.29 is 14.3 Å². The largest absolute Gasteiger partial charge is 0.481 e. The molecule has 0 aromatic heterocycles. The molecule has 3 N–H and O–H groups in total. The van der Waals surface area contributed by atoms with Crippen molar-refractivity contribution in [3.05, 3.63) is 34.6 Å². The lowest BCUT2D eigenvalue weighted by molar-refractivity contribution is -0.147. The Morgan fingerprint density at radius 3 is 2.65 bits per heavy atom. The van der Waals surface area contributed by atoms with Gasteiger partial charge in [-0.1, -0.05) is 17.7 Å². The van der Waals surface area contributed by atoms with Crippen LogP contribution in [0.25, 0.3) is 0 Å². The van der Waals surface area contributed by atoms with Crippen molar-refractivity contribution in [2.45, 2.75) is 26.3 Å². The Morgan fingerprint density at radius 2 is 2.18 bits per heavy atom. The van der Waals surface area contributed by atoms with E-state index in [1.54, 1.807) is 13.8 Å². The van der Waals surface area contributed by atoms with Crippen LogP contribution in [-0.2, 0) is 4.79 Å². The molecule has 0 aliphatic heterocycles. The third-order valence-electron chi connectivity index (χ3n) is 2.68. The van der Waals surface area contributed by atoms with Gasteiger partial charge in [-0.25, -0.2) is 4.39 Å². The van der Waals surface area contributed by atoms with Gasteiger partial charge in [0.1, 0.15) is 5.82 Å². The van der Waals surface area contributed by atoms with Crippen LogP contribution in [0.5, 0.6) is 0 Å². The lowest BCUT2D eigenvalue weighted by Crippen LogP contribution is -2.28. The standard InChI is InChI=1S/C12H15ClFNO2/c1-12(2,11(16)17)6-10(15)7-3-4-9(14)8(13)5-7/h3-5,10H,6,15H2,1-2H3,(H,16,17). The molecule has 0 aliphatic carbocycles. The first kappa shape index (κ1) is 13.9. The Bertz CT molecular complexity index is 435. The van der Waals surface area contributed by atoms with E-state index in [2.05, 4.69) is 0 Å². The summed E-state index contributed by atoms with van der Waals surface area (Å²) >= 11 is 5.64. The van der Waals surface area contributed by atoms with Crippen LogP contribution in [0, 0.1) is 11.2 Å². The van der Waals surface area contributed by atoms with E-state index in [0.29, 0.717) is 5.56 Å². The number of aliphatic carboxylic acids is 1. The molecule has 0 saturated carbocycles. The molecule has 0 amide bonds. The minimum Gasteiger partial charge on any atom is -0.481 e. The zero-order valence-corrected chi connectivity index (χ0v) is 10.5. The number of carboxylic acid groups (broad SMARTS) is 1. The third-order valence-corrected chi connectivity index (χ3v) is 2.97. The van der Waals surface area contributed by atoms with Gasteiger partial charge in [-0.2, -0.15) is 0 Å². The Labute approximate surface area is 104 Å². The highest BCUT2D eigenvalue weighted by Crippen LogP contribution is 2.30. The lowest BCUT2D eigenvalue weighted by atomic mass is 9.84. The Morgan fingerprint density at radius 1 is 1.59 bits per heavy atom. The minimum absolute atomic E-state index is 0.00826. The van der Waals surface area contributed by atoms with E-state index in [1.165, 1.54) is 18.2 Å². The van der Waals surface area contributed by atoms with Gasteiger partial charge < -0.3 is 10.8 Å². The normalized spacial score (nSPS) is 13.5. The van der Waals surface area contributed by atoms with Gasteiger partial charge >= 0.3 is 5.97 Å². The van der Waals surface area contributed by atoms with Crippen molar-refractivity contribution in [2.24, 2.45) is 11.1 Å². The van der Waals surface area contributed by atoms with Crippen molar-refractivity contribution in [3.8, 4) is 0 Å². The molecule has 0 bridgehead atoms. The maximum Gasteiger partial charge on any atom is 0.309 e. The summed E-state index contributed by atoms with van der Waals surface area (Å²) in [5, 5.41) is 8.99. The van der Waals surface area contributed by atoms with Crippen LogP contribution in [0.15, 0.2) is 18.2 Å². The van der Waals surface area contributed by atoms with Crippen LogP contribution in [0.2, 0.25) is 5.02 Å². The molecule has 0 fully saturated rings. The summed E-state index contributed by atoms with van der Waals surface area (Å²) in [4.78, 5) is 11.0. The first-order valence-corrected chi connectivity index (χ1v) is 5.56. The van der Waals surface area contributed by atoms with E-state index in [0.717, 1.165) is 0 Å². The minimum atomic E-state index is -0.930. The van der Waals surface area contributed by atoms with Crippen LogP contribution in [0.1, 0.15) is 31.9 Å². The van der Waals surface area contributed by atoms with E-state index >= 15 is 0 Å². The monoisotopic (exact) mass is 259 g/mol. The predicted molar refractivity (Wildman–Crippen MR) is 64.4 cm³/mol. The van der Waals surface area contributed by atoms with Crippen LogP contribution in [0.4, 0.5) is 4.39 Å². The number of hydrogen-bond donors (Lipinski definition) is 2. The van der Waals surface area contributed by atoms with Crippen molar-refractivity contribution in [1.82, 2.24) is 0 Å². The molecule has 0 heterocycles. The number of nitrogens with two attached hydrogens (primary N) is 1. The van der Waals surface area contributed by atoms with Gasteiger partial charge in [0.15, 0.2) is 0 Å². The van der Waals surface area contributed by atoms with Crippen LogP contribution < -0.4 is 5.73 Å². The van der Waals surface area contributed by atoms with Crippen molar-refractivity contribution in [2.75, 3.05) is 0 Å². The number of benzene rings is 1. The fraction of sp³-hybridized carbons (Fsp3) is 0.417. The summed E-state index contributed by atoms with van der Waals surface area (Å²) in [7, 11) is 0. The highest BCUT2D eigenvalue weighted by atomic mass is 35.5. The van der Waals surface area contributed by atoms with Gasteiger partial charge in [0.2, 0.25) is 0 Å². The highest BCUT2D eigenvalue weighted by Gasteiger charge is 2.30. The van der Waals surface area contributed by atoms with Gasteiger partial charge in [-0.3, -0.25) is 4.79 Å². The molecule has 0 spiro atoms. The molecule has 0 saturated heterocycles. The quantitative estimate of drug-likeness (QED) is 0.874. The molecule has 94 valence electrons. The molecule has 1 rings (SSSR count). The maximum atomic E-state index is 13.0. The molecule has 1 aromatic carbocycles. The van der Waals surface area contributed by atoms with Crippen molar-refractivity contribution >= 4 is 17.6 Å². The summed E-state index contributed by atoms with van der Waals surface area (Å²) in [6.07, 6.45) is 0.254. The molecule has 1 aromatic rings. The van der Waals surface area contributed by atoms with Crippen LogP contribution in [0.3, 0.4) is 0 Å². The molecule has 17 heavy (non-hydrogen) atoms. The zero-order valence-electron chi connectivity index (χ0n) is 9.71. The number of carboxylic acids is 1. The molecule has 3 nitrogen and oxygen atoms in total. The summed E-state index contributed by atoms with van der Waals surface area (Å²) in [5.41, 5.74) is 5.59. The maximum absolute atomic E-state index is 13.0. The summed E-state index contributed by atoms with van der Waals surface area (Å²) in [5.74, 6) is -1.43. The molecule has 0 radical (unpaired) electrons. The average Bonchev–Trinajstić information content (AvgIpc) is 2.21. The Hall–Kier alpha value is -1.13. The van der Waals surface area contributed by atoms with Gasteiger partial charge in [0.05, 0.1) is 10.4 Å². The third kappa shape index (κ3) is 3.41. The topological polar surface area (TPSA) is 63.3 Å². The molecule has 0 aliphatic rings. The van der Waals surface area contributed by atoms with Crippen LogP contribution in [-0.4, -0.2) is 11.1 Å². The number of rotatable bonds is 4. The number of carbonyl (C=O) groups is 1. The first-order valence-electron chi connectivity index (χ1n) is 5.18. The summed E-state index contributed by atoms with van der Waals surface area (Å²) in [6, 6.07) is 3.69. The Kier molecular flexibility index (Phi) is 4.11. The smallest absolute Gasteiger partial charge is 0.309 e. The lowest BCUT2D eigenvalue weighted by Gasteiger charge is -2.23. The summed E-state index contributed by atoms with van der Waals surface area (Å²) in [6.45, 7) is 3.20. The summed E-state index contributed by atoms with van der Waals surface area (Å²) < 4.78 is 13.0. The molecule has 1 atom stereocenters. The SMILES string of the molecule is CC(C)(CC(N)c1ccc(F)c(Cl)c1)C(=O)O. The second kappa shape index (κ2) is 5.02. The molecule has 5 heteroatoms. The van der Waals surface area contributed by atoms with E-state index < -0.39 is 23.2 Å². The van der Waals surface area contributed by atoms with Gasteiger partial charge in [0.25, 0.3) is 0 Å². The van der Waals surface area contributed by atoms with Gasteiger partial charge in [0, 0.05) is 6.04 Å². The highest BCUT2D eigenvalue weighted by molar-refractivity contribution is 6.30. The molecular formula is C12H15ClFNO2.